The van der Waals surface area contributed by atoms with Gasteiger partial charge in [-0.25, -0.2) is 0 Å². The largest absolute Gasteiger partial charge is 0.349 e. The lowest BCUT2D eigenvalue weighted by molar-refractivity contribution is 0.0910. The van der Waals surface area contributed by atoms with Gasteiger partial charge in [0.05, 0.1) is 4.58 Å². The highest BCUT2D eigenvalue weighted by Gasteiger charge is 2.23. The molecule has 0 radical (unpaired) electrons. The van der Waals surface area contributed by atoms with Crippen LogP contribution in [0.4, 0.5) is 0 Å². The summed E-state index contributed by atoms with van der Waals surface area (Å²) in [5.41, 5.74) is 2.14. The van der Waals surface area contributed by atoms with Gasteiger partial charge in [-0.05, 0) is 54.4 Å². The van der Waals surface area contributed by atoms with E-state index in [1.165, 1.54) is 42.8 Å². The van der Waals surface area contributed by atoms with Crippen molar-refractivity contribution in [2.75, 3.05) is 11.5 Å². The number of hydrogen-bond donors (Lipinski definition) is 1. The van der Waals surface area contributed by atoms with Crippen molar-refractivity contribution in [1.29, 1.82) is 0 Å². The van der Waals surface area contributed by atoms with Crippen LogP contribution in [-0.4, -0.2) is 23.5 Å². The van der Waals surface area contributed by atoms with Crippen molar-refractivity contribution in [2.45, 2.75) is 49.7 Å². The summed E-state index contributed by atoms with van der Waals surface area (Å²) in [4.78, 5) is 12.4. The van der Waals surface area contributed by atoms with Gasteiger partial charge in [0.15, 0.2) is 0 Å². The van der Waals surface area contributed by atoms with Crippen LogP contribution in [0.3, 0.4) is 0 Å². The molecule has 3 rings (SSSR count). The minimum Gasteiger partial charge on any atom is -0.349 e. The first-order chi connectivity index (χ1) is 10.7. The molecule has 4 heteroatoms. The van der Waals surface area contributed by atoms with E-state index in [4.69, 9.17) is 0 Å². The summed E-state index contributed by atoms with van der Waals surface area (Å²) in [7, 11) is 0. The number of amides is 1. The number of rotatable bonds is 3. The molecule has 1 amide bonds. The molecule has 2 atom stereocenters. The number of thioether (sulfide) groups is 2. The Morgan fingerprint density at radius 2 is 1.73 bits per heavy atom. The van der Waals surface area contributed by atoms with Gasteiger partial charge in [0.25, 0.3) is 5.91 Å². The molecule has 1 aliphatic heterocycles. The summed E-state index contributed by atoms with van der Waals surface area (Å²) in [6, 6.07) is 8.61. The molecule has 1 aliphatic carbocycles. The fraction of sp³-hybridized carbons (Fsp3) is 0.611. The predicted octanol–water partition coefficient (Wildman–Crippen LogP) is 4.86. The van der Waals surface area contributed by atoms with E-state index < -0.39 is 0 Å². The molecule has 2 fully saturated rings. The third kappa shape index (κ3) is 4.02. The molecule has 120 valence electrons. The van der Waals surface area contributed by atoms with Crippen LogP contribution in [0, 0.1) is 5.92 Å². The zero-order chi connectivity index (χ0) is 15.4. The van der Waals surface area contributed by atoms with Crippen molar-refractivity contribution < 1.29 is 4.79 Å². The number of carbonyl (C=O) groups excluding carboxylic acids is 1. The highest BCUT2D eigenvalue weighted by atomic mass is 32.2. The molecule has 2 aliphatic rings. The molecule has 1 N–H and O–H groups in total. The van der Waals surface area contributed by atoms with Crippen molar-refractivity contribution in [1.82, 2.24) is 5.32 Å². The molecule has 1 saturated carbocycles. The second-order valence-corrected chi connectivity index (χ2v) is 9.12. The Morgan fingerprint density at radius 3 is 2.41 bits per heavy atom. The lowest BCUT2D eigenvalue weighted by Crippen LogP contribution is -2.41. The van der Waals surface area contributed by atoms with Crippen LogP contribution in [0.15, 0.2) is 24.3 Å². The average Bonchev–Trinajstić information content (AvgIpc) is 2.58. The standard InChI is InChI=1S/C18H25NOS2/c1-13-5-2-3-6-16(13)19-17(20)14-7-9-15(10-8-14)18-21-11-4-12-22-18/h7-10,13,16,18H,2-6,11-12H2,1H3,(H,19,20)/t13-,16+/m0/s1. The van der Waals surface area contributed by atoms with E-state index in [1.54, 1.807) is 0 Å². The van der Waals surface area contributed by atoms with Gasteiger partial charge in [-0.1, -0.05) is 31.9 Å². The van der Waals surface area contributed by atoms with E-state index in [1.807, 2.05) is 35.7 Å². The minimum atomic E-state index is 0.0919. The summed E-state index contributed by atoms with van der Waals surface area (Å²) < 4.78 is 0.546. The van der Waals surface area contributed by atoms with Crippen molar-refractivity contribution in [3.05, 3.63) is 35.4 Å². The van der Waals surface area contributed by atoms with Crippen LogP contribution < -0.4 is 5.32 Å². The Morgan fingerprint density at radius 1 is 1.05 bits per heavy atom. The zero-order valence-corrected chi connectivity index (χ0v) is 14.8. The predicted molar refractivity (Wildman–Crippen MR) is 97.6 cm³/mol. The summed E-state index contributed by atoms with van der Waals surface area (Å²) in [5, 5.41) is 3.23. The SMILES string of the molecule is C[C@H]1CCCC[C@H]1NC(=O)c1ccc(C2SCCCS2)cc1. The monoisotopic (exact) mass is 335 g/mol. The summed E-state index contributed by atoms with van der Waals surface area (Å²) >= 11 is 4.04. The molecule has 0 unspecified atom stereocenters. The molecule has 1 heterocycles. The smallest absolute Gasteiger partial charge is 0.251 e. The van der Waals surface area contributed by atoms with Crippen LogP contribution in [-0.2, 0) is 0 Å². The van der Waals surface area contributed by atoms with Gasteiger partial charge in [-0.2, -0.15) is 0 Å². The fourth-order valence-electron chi connectivity index (χ4n) is 3.25. The number of nitrogens with one attached hydrogen (secondary N) is 1. The van der Waals surface area contributed by atoms with Gasteiger partial charge in [0, 0.05) is 11.6 Å². The van der Waals surface area contributed by atoms with E-state index in [0.717, 1.165) is 12.0 Å². The Hall–Kier alpha value is -0.610. The number of hydrogen-bond acceptors (Lipinski definition) is 3. The maximum atomic E-state index is 12.4. The normalized spacial score (nSPS) is 26.6. The van der Waals surface area contributed by atoms with Gasteiger partial charge < -0.3 is 5.32 Å². The molecule has 1 aromatic rings. The molecule has 0 bridgehead atoms. The van der Waals surface area contributed by atoms with Gasteiger partial charge >= 0.3 is 0 Å². The molecule has 0 spiro atoms. The minimum absolute atomic E-state index is 0.0919. The van der Waals surface area contributed by atoms with Crippen LogP contribution in [0.2, 0.25) is 0 Å². The molecular formula is C18H25NOS2. The quantitative estimate of drug-likeness (QED) is 0.855. The molecule has 2 nitrogen and oxygen atoms in total. The molecular weight excluding hydrogens is 310 g/mol. The van der Waals surface area contributed by atoms with Gasteiger partial charge in [0.2, 0.25) is 0 Å². The van der Waals surface area contributed by atoms with E-state index in [2.05, 4.69) is 24.4 Å². The third-order valence-electron chi connectivity index (χ3n) is 4.70. The Kier molecular flexibility index (Phi) is 5.75. The topological polar surface area (TPSA) is 29.1 Å². The van der Waals surface area contributed by atoms with E-state index in [0.29, 0.717) is 16.5 Å². The summed E-state index contributed by atoms with van der Waals surface area (Å²) in [6.45, 7) is 2.25. The van der Waals surface area contributed by atoms with Gasteiger partial charge in [0.1, 0.15) is 0 Å². The second kappa shape index (κ2) is 7.78. The third-order valence-corrected chi connectivity index (χ3v) is 7.72. The van der Waals surface area contributed by atoms with Crippen molar-refractivity contribution in [3.8, 4) is 0 Å². The van der Waals surface area contributed by atoms with Gasteiger partial charge in [-0.15, -0.1) is 23.5 Å². The molecule has 22 heavy (non-hydrogen) atoms. The Balaban J connectivity index is 1.60. The molecule has 0 aromatic heterocycles. The Labute approximate surface area is 142 Å². The number of benzene rings is 1. The van der Waals surface area contributed by atoms with Gasteiger partial charge in [-0.3, -0.25) is 4.79 Å². The van der Waals surface area contributed by atoms with Crippen LogP contribution in [0.25, 0.3) is 0 Å². The first-order valence-electron chi connectivity index (χ1n) is 8.38. The zero-order valence-electron chi connectivity index (χ0n) is 13.2. The van der Waals surface area contributed by atoms with Crippen molar-refractivity contribution in [2.24, 2.45) is 5.92 Å². The summed E-state index contributed by atoms with van der Waals surface area (Å²) in [6.07, 6.45) is 6.22. The lowest BCUT2D eigenvalue weighted by atomic mass is 9.86. The van der Waals surface area contributed by atoms with Crippen molar-refractivity contribution >= 4 is 29.4 Å². The van der Waals surface area contributed by atoms with Crippen LogP contribution in [0.1, 0.15) is 59.5 Å². The maximum Gasteiger partial charge on any atom is 0.251 e. The maximum absolute atomic E-state index is 12.4. The fourth-order valence-corrected chi connectivity index (χ4v) is 6.15. The van der Waals surface area contributed by atoms with Crippen molar-refractivity contribution in [3.63, 3.8) is 0 Å². The highest BCUT2D eigenvalue weighted by Crippen LogP contribution is 2.43. The summed E-state index contributed by atoms with van der Waals surface area (Å²) in [5.74, 6) is 3.19. The molecule has 1 saturated heterocycles. The second-order valence-electron chi connectivity index (χ2n) is 6.39. The highest BCUT2D eigenvalue weighted by molar-refractivity contribution is 8.16. The van der Waals surface area contributed by atoms with E-state index in [-0.39, 0.29) is 5.91 Å². The van der Waals surface area contributed by atoms with Crippen LogP contribution >= 0.6 is 23.5 Å². The number of carbonyl (C=O) groups is 1. The first-order valence-corrected chi connectivity index (χ1v) is 10.5. The van der Waals surface area contributed by atoms with E-state index >= 15 is 0 Å². The lowest BCUT2D eigenvalue weighted by Gasteiger charge is -2.29. The average molecular weight is 336 g/mol. The Bertz CT molecular complexity index is 496. The van der Waals surface area contributed by atoms with Crippen LogP contribution in [0.5, 0.6) is 0 Å². The van der Waals surface area contributed by atoms with E-state index in [9.17, 15) is 4.79 Å². The molecule has 1 aromatic carbocycles. The first kappa shape index (κ1) is 16.3.